The maximum atomic E-state index is 13.2. The number of benzene rings is 1. The molecule has 1 saturated heterocycles. The van der Waals surface area contributed by atoms with E-state index in [9.17, 15) is 4.79 Å². The highest BCUT2D eigenvalue weighted by Gasteiger charge is 2.29. The quantitative estimate of drug-likeness (QED) is 0.676. The van der Waals surface area contributed by atoms with Crippen molar-refractivity contribution >= 4 is 17.2 Å². The molecule has 1 fully saturated rings. The normalized spacial score (nSPS) is 15.1. The van der Waals surface area contributed by atoms with Gasteiger partial charge in [-0.05, 0) is 24.3 Å². The molecule has 5 nitrogen and oxygen atoms in total. The summed E-state index contributed by atoms with van der Waals surface area (Å²) >= 11 is 1.66. The van der Waals surface area contributed by atoms with Gasteiger partial charge >= 0.3 is 0 Å². The third kappa shape index (κ3) is 3.71. The standard InChI is InChI=1S/C20H20N2O3S/c23-20(18-13-19(25-21-18)15-5-2-1-3-6-15)22(14-17-7-4-12-26-17)16-8-10-24-11-9-16/h1-7,12-13,16H,8-11,14H2. The van der Waals surface area contributed by atoms with Crippen LogP contribution >= 0.6 is 11.3 Å². The summed E-state index contributed by atoms with van der Waals surface area (Å²) in [5.41, 5.74) is 1.27. The number of rotatable bonds is 5. The van der Waals surface area contributed by atoms with E-state index in [0.29, 0.717) is 31.2 Å². The lowest BCUT2D eigenvalue weighted by atomic mass is 10.1. The zero-order valence-corrected chi connectivity index (χ0v) is 15.2. The summed E-state index contributed by atoms with van der Waals surface area (Å²) in [6.45, 7) is 1.97. The van der Waals surface area contributed by atoms with E-state index < -0.39 is 0 Å². The maximum Gasteiger partial charge on any atom is 0.276 e. The zero-order chi connectivity index (χ0) is 17.8. The van der Waals surface area contributed by atoms with Crippen LogP contribution in [0.5, 0.6) is 0 Å². The lowest BCUT2D eigenvalue weighted by Crippen LogP contribution is -2.43. The minimum atomic E-state index is -0.0868. The van der Waals surface area contributed by atoms with Crippen molar-refractivity contribution in [1.82, 2.24) is 10.1 Å². The van der Waals surface area contributed by atoms with E-state index in [-0.39, 0.29) is 11.9 Å². The Bertz CT molecular complexity index is 839. The van der Waals surface area contributed by atoms with Gasteiger partial charge in [0.05, 0.1) is 6.54 Å². The van der Waals surface area contributed by atoms with Gasteiger partial charge in [0.1, 0.15) is 0 Å². The number of aromatic nitrogens is 1. The highest BCUT2D eigenvalue weighted by Crippen LogP contribution is 2.24. The molecule has 134 valence electrons. The number of nitrogens with zero attached hydrogens (tertiary/aromatic N) is 2. The van der Waals surface area contributed by atoms with Crippen molar-refractivity contribution in [2.75, 3.05) is 13.2 Å². The van der Waals surface area contributed by atoms with Crippen molar-refractivity contribution in [1.29, 1.82) is 0 Å². The first-order valence-corrected chi connectivity index (χ1v) is 9.62. The minimum absolute atomic E-state index is 0.0868. The highest BCUT2D eigenvalue weighted by molar-refractivity contribution is 7.09. The molecule has 1 aromatic carbocycles. The van der Waals surface area contributed by atoms with Gasteiger partial charge in [0, 0.05) is 35.8 Å². The molecule has 1 amide bonds. The molecule has 0 radical (unpaired) electrons. The molecule has 0 N–H and O–H groups in total. The summed E-state index contributed by atoms with van der Waals surface area (Å²) in [7, 11) is 0. The predicted octanol–water partition coefficient (Wildman–Crippen LogP) is 4.22. The number of hydrogen-bond donors (Lipinski definition) is 0. The fourth-order valence-corrected chi connectivity index (χ4v) is 3.90. The van der Waals surface area contributed by atoms with Crippen LogP contribution in [0, 0.1) is 0 Å². The fourth-order valence-electron chi connectivity index (χ4n) is 3.20. The molecule has 3 heterocycles. The molecule has 4 rings (SSSR count). The number of thiophene rings is 1. The van der Waals surface area contributed by atoms with Crippen LogP contribution in [0.2, 0.25) is 0 Å². The smallest absolute Gasteiger partial charge is 0.276 e. The topological polar surface area (TPSA) is 55.6 Å². The molecule has 0 unspecified atom stereocenters. The Labute approximate surface area is 156 Å². The van der Waals surface area contributed by atoms with E-state index >= 15 is 0 Å². The molecular formula is C20H20N2O3S. The van der Waals surface area contributed by atoms with Gasteiger partial charge in [-0.3, -0.25) is 4.79 Å². The first-order chi connectivity index (χ1) is 12.8. The number of amides is 1. The Kier molecular flexibility index (Phi) is 5.13. The van der Waals surface area contributed by atoms with Gasteiger partial charge in [0.25, 0.3) is 5.91 Å². The Balaban J connectivity index is 1.58. The Morgan fingerprint density at radius 1 is 1.15 bits per heavy atom. The SMILES string of the molecule is O=C(c1cc(-c2ccccc2)on1)N(Cc1cccs1)C1CCOCC1. The maximum absolute atomic E-state index is 13.2. The van der Waals surface area contributed by atoms with Crippen LogP contribution < -0.4 is 0 Å². The van der Waals surface area contributed by atoms with Crippen molar-refractivity contribution in [2.45, 2.75) is 25.4 Å². The molecule has 6 heteroatoms. The van der Waals surface area contributed by atoms with Crippen LogP contribution in [0.3, 0.4) is 0 Å². The van der Waals surface area contributed by atoms with Crippen LogP contribution in [0.4, 0.5) is 0 Å². The van der Waals surface area contributed by atoms with Crippen LogP contribution in [0.15, 0.2) is 58.4 Å². The van der Waals surface area contributed by atoms with E-state index in [4.69, 9.17) is 9.26 Å². The molecule has 26 heavy (non-hydrogen) atoms. The first kappa shape index (κ1) is 17.0. The van der Waals surface area contributed by atoms with Gasteiger partial charge in [-0.15, -0.1) is 11.3 Å². The van der Waals surface area contributed by atoms with Crippen LogP contribution in [-0.2, 0) is 11.3 Å². The van der Waals surface area contributed by atoms with Gasteiger partial charge in [-0.1, -0.05) is 41.6 Å². The molecule has 0 aliphatic carbocycles. The summed E-state index contributed by atoms with van der Waals surface area (Å²) in [6.07, 6.45) is 1.70. The lowest BCUT2D eigenvalue weighted by Gasteiger charge is -2.33. The Morgan fingerprint density at radius 3 is 2.69 bits per heavy atom. The molecule has 0 saturated carbocycles. The van der Waals surface area contributed by atoms with Crippen LogP contribution in [0.25, 0.3) is 11.3 Å². The van der Waals surface area contributed by atoms with Gasteiger partial charge < -0.3 is 14.2 Å². The predicted molar refractivity (Wildman–Crippen MR) is 100.0 cm³/mol. The average molecular weight is 368 g/mol. The Hall–Kier alpha value is -2.44. The lowest BCUT2D eigenvalue weighted by molar-refractivity contribution is 0.0264. The summed E-state index contributed by atoms with van der Waals surface area (Å²) in [5, 5.41) is 6.08. The second-order valence-electron chi connectivity index (χ2n) is 6.30. The van der Waals surface area contributed by atoms with Crippen molar-refractivity contribution in [3.05, 3.63) is 64.5 Å². The molecule has 3 aromatic rings. The zero-order valence-electron chi connectivity index (χ0n) is 14.3. The molecule has 1 aliphatic heterocycles. The number of carbonyl (C=O) groups excluding carboxylic acids is 1. The van der Waals surface area contributed by atoms with Crippen molar-refractivity contribution < 1.29 is 14.1 Å². The van der Waals surface area contributed by atoms with Gasteiger partial charge in [0.2, 0.25) is 0 Å². The van der Waals surface area contributed by atoms with Crippen molar-refractivity contribution in [2.24, 2.45) is 0 Å². The van der Waals surface area contributed by atoms with Crippen LogP contribution in [0.1, 0.15) is 28.2 Å². The van der Waals surface area contributed by atoms with E-state index in [2.05, 4.69) is 11.2 Å². The van der Waals surface area contributed by atoms with Gasteiger partial charge in [-0.25, -0.2) is 0 Å². The molecule has 1 aliphatic rings. The summed E-state index contributed by atoms with van der Waals surface area (Å²) in [5.74, 6) is 0.522. The number of carbonyl (C=O) groups is 1. The van der Waals surface area contributed by atoms with Crippen molar-refractivity contribution in [3.8, 4) is 11.3 Å². The average Bonchev–Trinajstić information content (AvgIpc) is 3.39. The monoisotopic (exact) mass is 368 g/mol. The highest BCUT2D eigenvalue weighted by atomic mass is 32.1. The third-order valence-electron chi connectivity index (χ3n) is 4.59. The minimum Gasteiger partial charge on any atom is -0.381 e. The molecule has 0 bridgehead atoms. The van der Waals surface area contributed by atoms with E-state index in [1.165, 1.54) is 0 Å². The number of hydrogen-bond acceptors (Lipinski definition) is 5. The first-order valence-electron chi connectivity index (χ1n) is 8.74. The summed E-state index contributed by atoms with van der Waals surface area (Å²) < 4.78 is 10.9. The second-order valence-corrected chi connectivity index (χ2v) is 7.33. The van der Waals surface area contributed by atoms with E-state index in [1.54, 1.807) is 17.4 Å². The second kappa shape index (κ2) is 7.85. The van der Waals surface area contributed by atoms with Crippen LogP contribution in [-0.4, -0.2) is 35.2 Å². The Morgan fingerprint density at radius 2 is 1.96 bits per heavy atom. The number of ether oxygens (including phenoxy) is 1. The molecule has 0 spiro atoms. The summed E-state index contributed by atoms with van der Waals surface area (Å²) in [4.78, 5) is 16.3. The third-order valence-corrected chi connectivity index (χ3v) is 5.45. The van der Waals surface area contributed by atoms with Gasteiger partial charge in [-0.2, -0.15) is 0 Å². The van der Waals surface area contributed by atoms with E-state index in [0.717, 1.165) is 23.3 Å². The molecule has 2 aromatic heterocycles. The fraction of sp³-hybridized carbons (Fsp3) is 0.300. The van der Waals surface area contributed by atoms with Gasteiger partial charge in [0.15, 0.2) is 11.5 Å². The summed E-state index contributed by atoms with van der Waals surface area (Å²) in [6, 6.07) is 15.7. The largest absolute Gasteiger partial charge is 0.381 e. The van der Waals surface area contributed by atoms with Crippen molar-refractivity contribution in [3.63, 3.8) is 0 Å². The molecule has 0 atom stereocenters. The molecular weight excluding hydrogens is 348 g/mol. The van der Waals surface area contributed by atoms with E-state index in [1.807, 2.05) is 46.7 Å².